The molecule has 3 rings (SSSR count). The molecule has 1 aromatic carbocycles. The molecular weight excluding hydrogens is 288 g/mol. The maximum atomic E-state index is 7.52. The summed E-state index contributed by atoms with van der Waals surface area (Å²) in [6.45, 7) is 4.21. The summed E-state index contributed by atoms with van der Waals surface area (Å²) in [7, 11) is 3.96. The molecule has 1 aromatic heterocycles. The smallest absolute Gasteiger partial charge is 0.0922 e. The third kappa shape index (κ3) is 3.32. The van der Waals surface area contributed by atoms with E-state index in [-0.39, 0.29) is 0 Å². The first-order valence-corrected chi connectivity index (χ1v) is 7.80. The molecule has 120 valence electrons. The van der Waals surface area contributed by atoms with Crippen molar-refractivity contribution < 1.29 is 0 Å². The molecule has 2 heterocycles. The maximum Gasteiger partial charge on any atom is 0.0922 e. The molecule has 1 fully saturated rings. The van der Waals surface area contributed by atoms with E-state index in [1.165, 1.54) is 11.9 Å². The van der Waals surface area contributed by atoms with E-state index < -0.39 is 0 Å². The van der Waals surface area contributed by atoms with Gasteiger partial charge in [0, 0.05) is 56.9 Å². The van der Waals surface area contributed by atoms with Gasteiger partial charge < -0.3 is 20.5 Å². The van der Waals surface area contributed by atoms with Crippen molar-refractivity contribution in [2.75, 3.05) is 45.2 Å². The molecule has 23 heavy (non-hydrogen) atoms. The summed E-state index contributed by atoms with van der Waals surface area (Å²) >= 11 is 0. The minimum absolute atomic E-state index is 0.706. The van der Waals surface area contributed by atoms with Gasteiger partial charge in [0.05, 0.1) is 22.9 Å². The van der Waals surface area contributed by atoms with Crippen LogP contribution >= 0.6 is 0 Å². The Balaban J connectivity index is 1.94. The molecule has 0 spiro atoms. The average Bonchev–Trinajstić information content (AvgIpc) is 2.59. The van der Waals surface area contributed by atoms with Crippen LogP contribution in [0.1, 0.15) is 5.69 Å². The number of nitrogens with zero attached hydrogens (tertiary/aromatic N) is 4. The highest BCUT2D eigenvalue weighted by molar-refractivity contribution is 6.07. The van der Waals surface area contributed by atoms with Crippen molar-refractivity contribution >= 4 is 28.5 Å². The van der Waals surface area contributed by atoms with E-state index in [0.29, 0.717) is 11.3 Å². The van der Waals surface area contributed by atoms with Crippen LogP contribution in [0.3, 0.4) is 0 Å². The van der Waals surface area contributed by atoms with E-state index in [4.69, 9.17) is 5.41 Å². The molecule has 0 amide bonds. The Hall–Kier alpha value is -2.47. The van der Waals surface area contributed by atoms with E-state index >= 15 is 0 Å². The van der Waals surface area contributed by atoms with Crippen LogP contribution in [0, 0.1) is 5.41 Å². The largest absolute Gasteiger partial charge is 0.393 e. The standard InChI is InChI=1S/C17H22N6/c1-19-11-13(10-18)17-12-20-15-4-3-14(9-16(15)21-17)23-7-5-22(2)6-8-23/h3-4,9-12,18-19H,5-8H2,1-2H3/b13-11+,18-10?. The van der Waals surface area contributed by atoms with Gasteiger partial charge in [-0.15, -0.1) is 0 Å². The zero-order valence-electron chi connectivity index (χ0n) is 13.6. The van der Waals surface area contributed by atoms with Gasteiger partial charge in [0.15, 0.2) is 0 Å². The average molecular weight is 310 g/mol. The summed E-state index contributed by atoms with van der Waals surface area (Å²) in [5.74, 6) is 0. The van der Waals surface area contributed by atoms with Gasteiger partial charge >= 0.3 is 0 Å². The molecule has 1 saturated heterocycles. The maximum absolute atomic E-state index is 7.52. The molecule has 0 unspecified atom stereocenters. The Bertz CT molecular complexity index is 731. The number of benzene rings is 1. The summed E-state index contributed by atoms with van der Waals surface area (Å²) in [5.41, 5.74) is 4.35. The molecule has 1 aliphatic heterocycles. The van der Waals surface area contributed by atoms with Gasteiger partial charge in [-0.2, -0.15) is 0 Å². The van der Waals surface area contributed by atoms with Gasteiger partial charge in [-0.1, -0.05) is 0 Å². The predicted molar refractivity (Wildman–Crippen MR) is 95.1 cm³/mol. The van der Waals surface area contributed by atoms with Gasteiger partial charge in [-0.3, -0.25) is 4.98 Å². The number of piperazine rings is 1. The summed E-state index contributed by atoms with van der Waals surface area (Å²) in [4.78, 5) is 13.9. The monoisotopic (exact) mass is 310 g/mol. The fraction of sp³-hybridized carbons (Fsp3) is 0.353. The van der Waals surface area contributed by atoms with E-state index in [0.717, 1.165) is 37.2 Å². The fourth-order valence-electron chi connectivity index (χ4n) is 2.75. The second-order valence-electron chi connectivity index (χ2n) is 5.75. The molecule has 6 nitrogen and oxygen atoms in total. The van der Waals surface area contributed by atoms with Crippen molar-refractivity contribution in [2.24, 2.45) is 0 Å². The molecule has 0 atom stereocenters. The predicted octanol–water partition coefficient (Wildman–Crippen LogP) is 1.59. The Morgan fingerprint density at radius 3 is 2.70 bits per heavy atom. The summed E-state index contributed by atoms with van der Waals surface area (Å²) in [6.07, 6.45) is 4.76. The van der Waals surface area contributed by atoms with Gasteiger partial charge in [0.1, 0.15) is 0 Å². The Morgan fingerprint density at radius 2 is 2.00 bits per heavy atom. The number of aromatic nitrogens is 2. The first kappa shape index (κ1) is 15.4. The lowest BCUT2D eigenvalue weighted by atomic mass is 10.2. The number of hydrogen-bond donors (Lipinski definition) is 2. The minimum Gasteiger partial charge on any atom is -0.393 e. The van der Waals surface area contributed by atoms with Crippen LogP contribution < -0.4 is 10.2 Å². The van der Waals surface area contributed by atoms with E-state index in [9.17, 15) is 0 Å². The van der Waals surface area contributed by atoms with Gasteiger partial charge in [-0.05, 0) is 25.2 Å². The highest BCUT2D eigenvalue weighted by Crippen LogP contribution is 2.22. The molecule has 0 aliphatic carbocycles. The quantitative estimate of drug-likeness (QED) is 0.840. The lowest BCUT2D eigenvalue weighted by Crippen LogP contribution is -2.44. The number of rotatable bonds is 4. The fourth-order valence-corrected chi connectivity index (χ4v) is 2.75. The molecule has 0 radical (unpaired) electrons. The van der Waals surface area contributed by atoms with Crippen LogP contribution in [-0.4, -0.2) is 61.4 Å². The molecular formula is C17H22N6. The third-order valence-electron chi connectivity index (χ3n) is 4.15. The topological polar surface area (TPSA) is 68.1 Å². The van der Waals surface area contributed by atoms with Crippen LogP contribution in [0.5, 0.6) is 0 Å². The van der Waals surface area contributed by atoms with E-state index in [2.05, 4.69) is 44.3 Å². The number of likely N-dealkylation sites (N-methyl/N-ethyl adjacent to an activating group) is 1. The van der Waals surface area contributed by atoms with Gasteiger partial charge in [0.2, 0.25) is 0 Å². The number of hydrogen-bond acceptors (Lipinski definition) is 6. The van der Waals surface area contributed by atoms with Crippen LogP contribution in [-0.2, 0) is 0 Å². The van der Waals surface area contributed by atoms with Gasteiger partial charge in [-0.25, -0.2) is 4.98 Å². The summed E-state index contributed by atoms with van der Waals surface area (Å²) in [5, 5.41) is 10.5. The molecule has 6 heteroatoms. The van der Waals surface area contributed by atoms with Crippen molar-refractivity contribution in [3.63, 3.8) is 0 Å². The molecule has 1 aliphatic rings. The number of anilines is 1. The first-order chi connectivity index (χ1) is 11.2. The van der Waals surface area contributed by atoms with E-state index in [1.54, 1.807) is 12.4 Å². The van der Waals surface area contributed by atoms with Crippen molar-refractivity contribution in [3.8, 4) is 0 Å². The van der Waals surface area contributed by atoms with Crippen LogP contribution in [0.25, 0.3) is 16.6 Å². The summed E-state index contributed by atoms with van der Waals surface area (Å²) in [6, 6.07) is 6.23. The lowest BCUT2D eigenvalue weighted by molar-refractivity contribution is 0.313. The van der Waals surface area contributed by atoms with Gasteiger partial charge in [0.25, 0.3) is 0 Å². The van der Waals surface area contributed by atoms with Crippen LogP contribution in [0.2, 0.25) is 0 Å². The summed E-state index contributed by atoms with van der Waals surface area (Å²) < 4.78 is 0. The van der Waals surface area contributed by atoms with Crippen molar-refractivity contribution in [2.45, 2.75) is 0 Å². The SMILES string of the molecule is CN/C=C(\C=N)c1cnc2ccc(N3CCN(C)CC3)cc2n1. The highest BCUT2D eigenvalue weighted by Gasteiger charge is 2.15. The van der Waals surface area contributed by atoms with E-state index in [1.807, 2.05) is 13.1 Å². The second-order valence-corrected chi connectivity index (χ2v) is 5.75. The second kappa shape index (κ2) is 6.75. The highest BCUT2D eigenvalue weighted by atomic mass is 15.2. The number of allylic oxidation sites excluding steroid dienone is 1. The van der Waals surface area contributed by atoms with Crippen molar-refractivity contribution in [1.82, 2.24) is 20.2 Å². The molecule has 2 aromatic rings. The zero-order chi connectivity index (χ0) is 16.2. The third-order valence-corrected chi connectivity index (χ3v) is 4.15. The minimum atomic E-state index is 0.706. The Labute approximate surface area is 136 Å². The van der Waals surface area contributed by atoms with Crippen molar-refractivity contribution in [1.29, 1.82) is 5.41 Å². The number of nitrogens with one attached hydrogen (secondary N) is 2. The zero-order valence-corrected chi connectivity index (χ0v) is 13.6. The lowest BCUT2D eigenvalue weighted by Gasteiger charge is -2.34. The Morgan fingerprint density at radius 1 is 1.22 bits per heavy atom. The molecule has 0 bridgehead atoms. The molecule has 0 saturated carbocycles. The Kier molecular flexibility index (Phi) is 4.52. The van der Waals surface area contributed by atoms with Crippen LogP contribution in [0.15, 0.2) is 30.6 Å². The molecule has 2 N–H and O–H groups in total. The van der Waals surface area contributed by atoms with Crippen LogP contribution in [0.4, 0.5) is 5.69 Å². The van der Waals surface area contributed by atoms with Crippen molar-refractivity contribution in [3.05, 3.63) is 36.3 Å². The normalized spacial score (nSPS) is 16.6. The number of fused-ring (bicyclic) bond motifs is 1. The first-order valence-electron chi connectivity index (χ1n) is 7.80.